The van der Waals surface area contributed by atoms with Crippen molar-refractivity contribution in [3.63, 3.8) is 0 Å². The lowest BCUT2D eigenvalue weighted by Crippen LogP contribution is -2.25. The van der Waals surface area contributed by atoms with Gasteiger partial charge in [0.15, 0.2) is 11.6 Å². The van der Waals surface area contributed by atoms with Crippen molar-refractivity contribution in [2.45, 2.75) is 32.7 Å². The maximum absolute atomic E-state index is 13.9. The molecule has 2 heterocycles. The van der Waals surface area contributed by atoms with Crippen LogP contribution in [0.1, 0.15) is 42.1 Å². The lowest BCUT2D eigenvalue weighted by Gasteiger charge is -2.09. The maximum atomic E-state index is 13.9. The van der Waals surface area contributed by atoms with E-state index >= 15 is 0 Å². The summed E-state index contributed by atoms with van der Waals surface area (Å²) in [5.74, 6) is -1.17. The zero-order valence-corrected chi connectivity index (χ0v) is 17.9. The summed E-state index contributed by atoms with van der Waals surface area (Å²) in [5, 5.41) is 21.2. The molecule has 0 aliphatic rings. The molecule has 0 radical (unpaired) electrons. The van der Waals surface area contributed by atoms with E-state index in [0.717, 1.165) is 17.2 Å². The SMILES string of the molecule is CC(C)c1ccc(-n2c(O)c(Cc3cccc(F)c3O)n(Cc3ccncc3)c2=O)cc1. The first-order chi connectivity index (χ1) is 15.4. The Morgan fingerprint density at radius 2 is 1.69 bits per heavy atom. The van der Waals surface area contributed by atoms with Crippen LogP contribution in [0.2, 0.25) is 0 Å². The number of nitrogens with zero attached hydrogens (tertiary/aromatic N) is 3. The number of halogens is 1. The highest BCUT2D eigenvalue weighted by molar-refractivity contribution is 5.44. The molecule has 32 heavy (non-hydrogen) atoms. The third-order valence-electron chi connectivity index (χ3n) is 5.55. The molecule has 0 unspecified atom stereocenters. The zero-order chi connectivity index (χ0) is 22.8. The van der Waals surface area contributed by atoms with Crippen molar-refractivity contribution in [3.8, 4) is 17.3 Å². The molecule has 0 bridgehead atoms. The third-order valence-corrected chi connectivity index (χ3v) is 5.55. The second-order valence-electron chi connectivity index (χ2n) is 8.00. The van der Waals surface area contributed by atoms with E-state index in [4.69, 9.17) is 0 Å². The summed E-state index contributed by atoms with van der Waals surface area (Å²) in [6, 6.07) is 15.2. The average Bonchev–Trinajstić information content (AvgIpc) is 3.01. The molecule has 6 nitrogen and oxygen atoms in total. The van der Waals surface area contributed by atoms with Crippen LogP contribution in [0.4, 0.5) is 4.39 Å². The minimum absolute atomic E-state index is 0.0210. The number of aromatic nitrogens is 3. The molecule has 0 saturated heterocycles. The van der Waals surface area contributed by atoms with Crippen molar-refractivity contribution in [1.29, 1.82) is 0 Å². The fourth-order valence-electron chi connectivity index (χ4n) is 3.71. The van der Waals surface area contributed by atoms with Crippen LogP contribution in [-0.2, 0) is 13.0 Å². The van der Waals surface area contributed by atoms with Gasteiger partial charge in [0.2, 0.25) is 5.88 Å². The topological polar surface area (TPSA) is 80.3 Å². The average molecular weight is 433 g/mol. The van der Waals surface area contributed by atoms with Gasteiger partial charge in [-0.05, 0) is 47.4 Å². The molecule has 2 aromatic heterocycles. The first-order valence-electron chi connectivity index (χ1n) is 10.4. The van der Waals surface area contributed by atoms with Crippen LogP contribution < -0.4 is 5.69 Å². The normalized spacial score (nSPS) is 11.2. The van der Waals surface area contributed by atoms with E-state index in [9.17, 15) is 19.4 Å². The Morgan fingerprint density at radius 3 is 2.34 bits per heavy atom. The van der Waals surface area contributed by atoms with E-state index in [1.807, 2.05) is 12.1 Å². The minimum atomic E-state index is -0.756. The summed E-state index contributed by atoms with van der Waals surface area (Å²) in [5.41, 5.74) is 2.58. The van der Waals surface area contributed by atoms with E-state index in [-0.39, 0.29) is 30.1 Å². The lowest BCUT2D eigenvalue weighted by atomic mass is 10.0. The van der Waals surface area contributed by atoms with Gasteiger partial charge < -0.3 is 10.2 Å². The fraction of sp³-hybridized carbons (Fsp3) is 0.200. The molecular formula is C25H24FN3O3. The number of aromatic hydroxyl groups is 2. The first kappa shape index (κ1) is 21.4. The predicted molar refractivity (Wildman–Crippen MR) is 120 cm³/mol. The van der Waals surface area contributed by atoms with Crippen LogP contribution in [-0.4, -0.2) is 24.3 Å². The Bertz CT molecular complexity index is 1290. The largest absolute Gasteiger partial charge is 0.505 e. The number of imidazole rings is 1. The van der Waals surface area contributed by atoms with E-state index in [1.165, 1.54) is 15.2 Å². The molecule has 2 aromatic carbocycles. The van der Waals surface area contributed by atoms with Crippen molar-refractivity contribution in [2.24, 2.45) is 0 Å². The van der Waals surface area contributed by atoms with E-state index in [2.05, 4.69) is 18.8 Å². The predicted octanol–water partition coefficient (Wildman–Crippen LogP) is 4.35. The quantitative estimate of drug-likeness (QED) is 0.474. The lowest BCUT2D eigenvalue weighted by molar-refractivity contribution is 0.423. The standard InChI is InChI=1S/C25H24FN3O3/c1-16(2)18-6-8-20(9-7-18)29-24(31)22(14-19-4-3-5-21(26)23(19)30)28(25(29)32)15-17-10-12-27-13-11-17/h3-13,16,30-31H,14-15H2,1-2H3. The summed E-state index contributed by atoms with van der Waals surface area (Å²) in [6.07, 6.45) is 3.23. The number of phenols is 1. The van der Waals surface area contributed by atoms with Crippen LogP contribution in [0.15, 0.2) is 71.8 Å². The number of benzene rings is 2. The van der Waals surface area contributed by atoms with Gasteiger partial charge in [0.25, 0.3) is 0 Å². The molecule has 0 saturated carbocycles. The zero-order valence-electron chi connectivity index (χ0n) is 17.9. The Labute approximate surface area is 184 Å². The maximum Gasteiger partial charge on any atom is 0.336 e. The minimum Gasteiger partial charge on any atom is -0.505 e. The van der Waals surface area contributed by atoms with Gasteiger partial charge in [0.1, 0.15) is 0 Å². The third kappa shape index (κ3) is 4.01. The smallest absolute Gasteiger partial charge is 0.336 e. The van der Waals surface area contributed by atoms with Gasteiger partial charge in [-0.15, -0.1) is 0 Å². The van der Waals surface area contributed by atoms with Crippen molar-refractivity contribution in [3.05, 3.63) is 106 Å². The molecular weight excluding hydrogens is 409 g/mol. The second-order valence-corrected chi connectivity index (χ2v) is 8.00. The van der Waals surface area contributed by atoms with Gasteiger partial charge in [0.05, 0.1) is 17.9 Å². The fourth-order valence-corrected chi connectivity index (χ4v) is 3.71. The van der Waals surface area contributed by atoms with Crippen molar-refractivity contribution in [1.82, 2.24) is 14.1 Å². The molecule has 0 amide bonds. The highest BCUT2D eigenvalue weighted by Gasteiger charge is 2.22. The highest BCUT2D eigenvalue weighted by atomic mass is 19.1. The van der Waals surface area contributed by atoms with Crippen LogP contribution in [0.3, 0.4) is 0 Å². The molecule has 0 fully saturated rings. The number of phenolic OH excluding ortho intramolecular Hbond substituents is 1. The van der Waals surface area contributed by atoms with E-state index < -0.39 is 17.3 Å². The van der Waals surface area contributed by atoms with Gasteiger partial charge in [-0.25, -0.2) is 13.8 Å². The van der Waals surface area contributed by atoms with Gasteiger partial charge in [-0.1, -0.05) is 38.1 Å². The molecule has 0 aliphatic heterocycles. The summed E-state index contributed by atoms with van der Waals surface area (Å²) in [4.78, 5) is 17.4. The van der Waals surface area contributed by atoms with E-state index in [0.29, 0.717) is 11.6 Å². The molecule has 0 aliphatic carbocycles. The Hall–Kier alpha value is -3.87. The molecule has 4 rings (SSSR count). The molecule has 2 N–H and O–H groups in total. The van der Waals surface area contributed by atoms with Crippen molar-refractivity contribution >= 4 is 0 Å². The Morgan fingerprint density at radius 1 is 1.00 bits per heavy atom. The van der Waals surface area contributed by atoms with Crippen molar-refractivity contribution < 1.29 is 14.6 Å². The van der Waals surface area contributed by atoms with Crippen LogP contribution in [0, 0.1) is 5.82 Å². The number of para-hydroxylation sites is 1. The van der Waals surface area contributed by atoms with Crippen molar-refractivity contribution in [2.75, 3.05) is 0 Å². The van der Waals surface area contributed by atoms with Crippen LogP contribution >= 0.6 is 0 Å². The summed E-state index contributed by atoms with van der Waals surface area (Å²) >= 11 is 0. The molecule has 4 aromatic rings. The van der Waals surface area contributed by atoms with Crippen LogP contribution in [0.5, 0.6) is 11.6 Å². The number of hydrogen-bond donors (Lipinski definition) is 2. The molecule has 164 valence electrons. The Kier molecular flexibility index (Phi) is 5.81. The molecule has 0 atom stereocenters. The summed E-state index contributed by atoms with van der Waals surface area (Å²) < 4.78 is 16.6. The van der Waals surface area contributed by atoms with Gasteiger partial charge >= 0.3 is 5.69 Å². The van der Waals surface area contributed by atoms with Gasteiger partial charge in [0, 0.05) is 24.4 Å². The first-order valence-corrected chi connectivity index (χ1v) is 10.4. The van der Waals surface area contributed by atoms with Gasteiger partial charge in [-0.2, -0.15) is 0 Å². The summed E-state index contributed by atoms with van der Waals surface area (Å²) in [7, 11) is 0. The summed E-state index contributed by atoms with van der Waals surface area (Å²) in [6.45, 7) is 4.35. The monoisotopic (exact) mass is 433 g/mol. The second kappa shape index (κ2) is 8.70. The number of rotatable bonds is 6. The molecule has 0 spiro atoms. The highest BCUT2D eigenvalue weighted by Crippen LogP contribution is 2.29. The Balaban J connectivity index is 1.85. The van der Waals surface area contributed by atoms with Crippen LogP contribution in [0.25, 0.3) is 5.69 Å². The molecule has 7 heteroatoms. The number of pyridine rings is 1. The van der Waals surface area contributed by atoms with Gasteiger partial charge in [-0.3, -0.25) is 9.55 Å². The number of hydrogen-bond acceptors (Lipinski definition) is 4. The van der Waals surface area contributed by atoms with E-state index in [1.54, 1.807) is 42.7 Å².